The van der Waals surface area contributed by atoms with Crippen LogP contribution < -0.4 is 4.74 Å². The lowest BCUT2D eigenvalue weighted by atomic mass is 10.1. The van der Waals surface area contributed by atoms with Crippen LogP contribution in [0.2, 0.25) is 0 Å². The summed E-state index contributed by atoms with van der Waals surface area (Å²) in [4.78, 5) is 2.26. The summed E-state index contributed by atoms with van der Waals surface area (Å²) in [6.07, 6.45) is -0.525. The maximum Gasteiger partial charge on any atom is 0.125 e. The largest absolute Gasteiger partial charge is 0.493 e. The number of aliphatic hydroxyl groups excluding tert-OH is 1. The Bertz CT molecular complexity index is 397. The van der Waals surface area contributed by atoms with E-state index in [0.29, 0.717) is 19.2 Å². The van der Waals surface area contributed by atoms with Crippen LogP contribution in [0.25, 0.3) is 0 Å². The predicted molar refractivity (Wildman–Crippen MR) is 74.4 cm³/mol. The molecule has 0 bridgehead atoms. The van der Waals surface area contributed by atoms with Crippen LogP contribution in [-0.2, 0) is 4.74 Å². The van der Waals surface area contributed by atoms with Crippen molar-refractivity contribution in [3.63, 3.8) is 0 Å². The summed E-state index contributed by atoms with van der Waals surface area (Å²) in [5, 5.41) is 10.4. The highest BCUT2D eigenvalue weighted by molar-refractivity contribution is 5.35. The Labute approximate surface area is 114 Å². The first-order chi connectivity index (χ1) is 9.22. The number of hydrogen-bond acceptors (Lipinski definition) is 4. The smallest absolute Gasteiger partial charge is 0.125 e. The first-order valence-electron chi connectivity index (χ1n) is 6.94. The van der Waals surface area contributed by atoms with Crippen LogP contribution >= 0.6 is 0 Å². The molecule has 106 valence electrons. The second-order valence-corrected chi connectivity index (χ2v) is 4.91. The monoisotopic (exact) mass is 265 g/mol. The fraction of sp³-hybridized carbons (Fsp3) is 0.600. The second-order valence-electron chi connectivity index (χ2n) is 4.91. The van der Waals surface area contributed by atoms with Gasteiger partial charge in [0, 0.05) is 24.7 Å². The van der Waals surface area contributed by atoms with E-state index < -0.39 is 6.10 Å². The molecule has 2 atom stereocenters. The summed E-state index contributed by atoms with van der Waals surface area (Å²) in [5.74, 6) is 0.776. The molecule has 1 N–H and O–H groups in total. The molecule has 1 heterocycles. The van der Waals surface area contributed by atoms with Crippen molar-refractivity contribution < 1.29 is 14.6 Å². The normalized spacial score (nSPS) is 22.2. The van der Waals surface area contributed by atoms with Crippen LogP contribution in [0, 0.1) is 0 Å². The molecule has 1 aliphatic heterocycles. The average molecular weight is 265 g/mol. The first kappa shape index (κ1) is 14.3. The summed E-state index contributed by atoms with van der Waals surface area (Å²) in [6.45, 7) is 7.65. The number of ether oxygens (including phenoxy) is 2. The molecule has 0 saturated carbocycles. The molecule has 0 radical (unpaired) electrons. The molecule has 1 aliphatic rings. The molecule has 2 rings (SSSR count). The number of morpholine rings is 1. The zero-order chi connectivity index (χ0) is 13.7. The number of hydrogen-bond donors (Lipinski definition) is 1. The molecule has 1 aromatic rings. The highest BCUT2D eigenvalue weighted by Crippen LogP contribution is 2.26. The van der Waals surface area contributed by atoms with Gasteiger partial charge in [0.15, 0.2) is 0 Å². The molecule has 1 saturated heterocycles. The van der Waals surface area contributed by atoms with E-state index in [-0.39, 0.29) is 0 Å². The van der Waals surface area contributed by atoms with Gasteiger partial charge in [0.2, 0.25) is 0 Å². The SMILES string of the molecule is CCOc1ccccc1C(O)CN1CCOCC1C. The van der Waals surface area contributed by atoms with Gasteiger partial charge in [-0.25, -0.2) is 0 Å². The lowest BCUT2D eigenvalue weighted by molar-refractivity contribution is -0.0206. The Kier molecular flexibility index (Phi) is 5.19. The third kappa shape index (κ3) is 3.69. The number of para-hydroxylation sites is 1. The molecule has 1 aromatic carbocycles. The molecule has 4 nitrogen and oxygen atoms in total. The second kappa shape index (κ2) is 6.89. The highest BCUT2D eigenvalue weighted by Gasteiger charge is 2.23. The van der Waals surface area contributed by atoms with Gasteiger partial charge < -0.3 is 14.6 Å². The third-order valence-corrected chi connectivity index (χ3v) is 3.49. The van der Waals surface area contributed by atoms with Crippen molar-refractivity contribution in [1.82, 2.24) is 4.90 Å². The van der Waals surface area contributed by atoms with Gasteiger partial charge in [-0.05, 0) is 19.9 Å². The fourth-order valence-corrected chi connectivity index (χ4v) is 2.40. The highest BCUT2D eigenvalue weighted by atomic mass is 16.5. The van der Waals surface area contributed by atoms with Gasteiger partial charge in [-0.2, -0.15) is 0 Å². The van der Waals surface area contributed by atoms with Crippen LogP contribution in [-0.4, -0.2) is 49.0 Å². The summed E-state index contributed by atoms with van der Waals surface area (Å²) in [5.41, 5.74) is 0.864. The lowest BCUT2D eigenvalue weighted by Crippen LogP contribution is -2.45. The van der Waals surface area contributed by atoms with Gasteiger partial charge in [-0.3, -0.25) is 4.90 Å². The minimum absolute atomic E-state index is 0.350. The average Bonchev–Trinajstić information content (AvgIpc) is 2.42. The van der Waals surface area contributed by atoms with Crippen molar-refractivity contribution in [2.24, 2.45) is 0 Å². The maximum absolute atomic E-state index is 10.4. The van der Waals surface area contributed by atoms with E-state index in [9.17, 15) is 5.11 Å². The number of rotatable bonds is 5. The third-order valence-electron chi connectivity index (χ3n) is 3.49. The van der Waals surface area contributed by atoms with E-state index in [4.69, 9.17) is 9.47 Å². The Hall–Kier alpha value is -1.10. The van der Waals surface area contributed by atoms with Crippen LogP contribution in [0.5, 0.6) is 5.75 Å². The van der Waals surface area contributed by atoms with Gasteiger partial charge in [-0.1, -0.05) is 18.2 Å². The Morgan fingerprint density at radius 2 is 2.26 bits per heavy atom. The molecule has 2 unspecified atom stereocenters. The van der Waals surface area contributed by atoms with Crippen molar-refractivity contribution in [3.8, 4) is 5.75 Å². The van der Waals surface area contributed by atoms with Crippen LogP contribution in [0.4, 0.5) is 0 Å². The van der Waals surface area contributed by atoms with E-state index in [0.717, 1.165) is 31.1 Å². The molecule has 0 spiro atoms. The summed E-state index contributed by atoms with van der Waals surface area (Å²) in [6, 6.07) is 8.05. The number of aliphatic hydroxyl groups is 1. The fourth-order valence-electron chi connectivity index (χ4n) is 2.40. The van der Waals surface area contributed by atoms with Crippen molar-refractivity contribution >= 4 is 0 Å². The maximum atomic E-state index is 10.4. The van der Waals surface area contributed by atoms with Crippen molar-refractivity contribution in [2.45, 2.75) is 26.0 Å². The summed E-state index contributed by atoms with van der Waals surface area (Å²) < 4.78 is 11.0. The zero-order valence-electron chi connectivity index (χ0n) is 11.7. The molecular weight excluding hydrogens is 242 g/mol. The standard InChI is InChI=1S/C15H23NO3/c1-3-19-15-7-5-4-6-13(15)14(17)10-16-8-9-18-11-12(16)2/h4-7,12,14,17H,3,8-11H2,1-2H3. The van der Waals surface area contributed by atoms with E-state index in [2.05, 4.69) is 11.8 Å². The molecule has 19 heavy (non-hydrogen) atoms. The Morgan fingerprint density at radius 3 is 3.00 bits per heavy atom. The molecule has 0 aliphatic carbocycles. The molecule has 0 aromatic heterocycles. The molecule has 1 fully saturated rings. The number of benzene rings is 1. The van der Waals surface area contributed by atoms with Crippen molar-refractivity contribution in [3.05, 3.63) is 29.8 Å². The van der Waals surface area contributed by atoms with E-state index in [1.165, 1.54) is 0 Å². The van der Waals surface area contributed by atoms with Crippen LogP contribution in [0.3, 0.4) is 0 Å². The quantitative estimate of drug-likeness (QED) is 0.882. The van der Waals surface area contributed by atoms with Gasteiger partial charge in [-0.15, -0.1) is 0 Å². The Balaban J connectivity index is 2.04. The topological polar surface area (TPSA) is 41.9 Å². The van der Waals surface area contributed by atoms with E-state index in [1.54, 1.807) is 0 Å². The lowest BCUT2D eigenvalue weighted by Gasteiger charge is -2.34. The zero-order valence-corrected chi connectivity index (χ0v) is 11.7. The van der Waals surface area contributed by atoms with Gasteiger partial charge in [0.05, 0.1) is 25.9 Å². The number of nitrogens with zero attached hydrogens (tertiary/aromatic N) is 1. The summed E-state index contributed by atoms with van der Waals surface area (Å²) in [7, 11) is 0. The van der Waals surface area contributed by atoms with Gasteiger partial charge in [0.25, 0.3) is 0 Å². The summed E-state index contributed by atoms with van der Waals surface area (Å²) >= 11 is 0. The van der Waals surface area contributed by atoms with Gasteiger partial charge in [0.1, 0.15) is 5.75 Å². The van der Waals surface area contributed by atoms with Crippen LogP contribution in [0.15, 0.2) is 24.3 Å². The van der Waals surface area contributed by atoms with Crippen molar-refractivity contribution in [2.75, 3.05) is 32.9 Å². The minimum atomic E-state index is -0.525. The Morgan fingerprint density at radius 1 is 1.47 bits per heavy atom. The molecular formula is C15H23NO3. The van der Waals surface area contributed by atoms with E-state index >= 15 is 0 Å². The van der Waals surface area contributed by atoms with Crippen molar-refractivity contribution in [1.29, 1.82) is 0 Å². The molecule has 0 amide bonds. The predicted octanol–water partition coefficient (Wildman–Crippen LogP) is 1.84. The van der Waals surface area contributed by atoms with E-state index in [1.807, 2.05) is 31.2 Å². The number of β-amino-alcohol motifs (C(OH)–C–C–N with tert-alkyl or cyclic N) is 1. The minimum Gasteiger partial charge on any atom is -0.493 e. The van der Waals surface area contributed by atoms with Gasteiger partial charge >= 0.3 is 0 Å². The molecule has 4 heteroatoms. The first-order valence-corrected chi connectivity index (χ1v) is 6.94. The van der Waals surface area contributed by atoms with Crippen LogP contribution in [0.1, 0.15) is 25.5 Å².